The molecule has 31 heavy (non-hydrogen) atoms. The second-order valence-electron chi connectivity index (χ2n) is 7.16. The van der Waals surface area contributed by atoms with Crippen LogP contribution < -0.4 is 24.9 Å². The molecule has 1 aliphatic heterocycles. The van der Waals surface area contributed by atoms with Crippen molar-refractivity contribution >= 4 is 23.1 Å². The fourth-order valence-corrected chi connectivity index (χ4v) is 4.32. The number of rotatable bonds is 7. The third-order valence-electron chi connectivity index (χ3n) is 4.98. The molecule has 1 aliphatic rings. The van der Waals surface area contributed by atoms with Gasteiger partial charge in [-0.15, -0.1) is 11.3 Å². The molecule has 0 fully saturated rings. The lowest BCUT2D eigenvalue weighted by Gasteiger charge is -2.11. The lowest BCUT2D eigenvalue weighted by molar-refractivity contribution is 0.174. The number of para-hydroxylation sites is 1. The number of fused-ring (bicyclic) bond motifs is 1. The normalized spacial score (nSPS) is 12.8. The number of nitrogens with one attached hydrogen (secondary N) is 2. The monoisotopic (exact) mass is 438 g/mol. The molecule has 2 N–H and O–H groups in total. The first kappa shape index (κ1) is 21.0. The first-order chi connectivity index (χ1) is 15.2. The van der Waals surface area contributed by atoms with Gasteiger partial charge in [0, 0.05) is 30.6 Å². The minimum atomic E-state index is -0.140. The fraction of sp³-hybridized carbons (Fsp3) is 0.304. The Balaban J connectivity index is 1.64. The van der Waals surface area contributed by atoms with Gasteiger partial charge in [0.1, 0.15) is 0 Å². The van der Waals surface area contributed by atoms with Crippen LogP contribution in [0.2, 0.25) is 0 Å². The average Bonchev–Trinajstić information content (AvgIpc) is 3.39. The minimum Gasteiger partial charge on any atom is -0.454 e. The van der Waals surface area contributed by atoms with E-state index < -0.39 is 0 Å². The molecule has 8 heteroatoms. The molecular formula is C23H26N4O3S. The van der Waals surface area contributed by atoms with Crippen molar-refractivity contribution in [2.45, 2.75) is 26.8 Å². The molecule has 2 amide bonds. The van der Waals surface area contributed by atoms with E-state index in [1.165, 1.54) is 0 Å². The molecule has 0 saturated carbocycles. The van der Waals surface area contributed by atoms with Gasteiger partial charge in [-0.1, -0.05) is 18.2 Å². The maximum atomic E-state index is 11.7. The fourth-order valence-electron chi connectivity index (χ4n) is 3.38. The summed E-state index contributed by atoms with van der Waals surface area (Å²) in [6, 6.07) is 13.9. The van der Waals surface area contributed by atoms with Gasteiger partial charge in [-0.05, 0) is 50.1 Å². The van der Waals surface area contributed by atoms with Gasteiger partial charge in [-0.2, -0.15) is 0 Å². The molecule has 0 saturated heterocycles. The van der Waals surface area contributed by atoms with Crippen molar-refractivity contribution in [3.8, 4) is 22.8 Å². The SMILES string of the molecule is CCNC(=O)NCCCn1c(-c2ccc3c(c2)OCO3)csc1=Nc1ccccc1C. The van der Waals surface area contributed by atoms with E-state index >= 15 is 0 Å². The summed E-state index contributed by atoms with van der Waals surface area (Å²) in [5, 5.41) is 7.76. The number of carbonyl (C=O) groups is 1. The van der Waals surface area contributed by atoms with Gasteiger partial charge in [0.05, 0.1) is 11.4 Å². The number of benzene rings is 2. The first-order valence-corrected chi connectivity index (χ1v) is 11.2. The highest BCUT2D eigenvalue weighted by molar-refractivity contribution is 7.07. The van der Waals surface area contributed by atoms with Crippen molar-refractivity contribution in [1.29, 1.82) is 0 Å². The Morgan fingerprint density at radius 2 is 2.00 bits per heavy atom. The molecule has 4 rings (SSSR count). The van der Waals surface area contributed by atoms with Crippen molar-refractivity contribution < 1.29 is 14.3 Å². The Morgan fingerprint density at radius 3 is 2.84 bits per heavy atom. The summed E-state index contributed by atoms with van der Waals surface area (Å²) in [7, 11) is 0. The number of hydrogen-bond acceptors (Lipinski definition) is 5. The standard InChI is InChI=1S/C23H26N4O3S/c1-3-24-22(28)25-11-6-12-27-19(17-9-10-20-21(13-17)30-15-29-20)14-31-23(27)26-18-8-5-4-7-16(18)2/h4-5,7-10,13-14H,3,6,11-12,15H2,1-2H3,(H2,24,25,28). The number of hydrogen-bond donors (Lipinski definition) is 2. The van der Waals surface area contributed by atoms with Crippen LogP contribution in [0.5, 0.6) is 11.5 Å². The lowest BCUT2D eigenvalue weighted by Crippen LogP contribution is -2.36. The van der Waals surface area contributed by atoms with Crippen molar-refractivity contribution in [3.63, 3.8) is 0 Å². The highest BCUT2D eigenvalue weighted by Gasteiger charge is 2.16. The molecule has 0 unspecified atom stereocenters. The minimum absolute atomic E-state index is 0.140. The van der Waals surface area contributed by atoms with E-state index in [-0.39, 0.29) is 12.8 Å². The van der Waals surface area contributed by atoms with Gasteiger partial charge in [-0.3, -0.25) is 0 Å². The van der Waals surface area contributed by atoms with E-state index in [0.29, 0.717) is 13.1 Å². The number of carbonyl (C=O) groups excluding carboxylic acids is 1. The number of aryl methyl sites for hydroxylation is 1. The molecule has 7 nitrogen and oxygen atoms in total. The van der Waals surface area contributed by atoms with Crippen LogP contribution in [0, 0.1) is 6.92 Å². The number of thiazole rings is 1. The molecule has 3 aromatic rings. The van der Waals surface area contributed by atoms with E-state index in [9.17, 15) is 4.79 Å². The van der Waals surface area contributed by atoms with Gasteiger partial charge in [0.15, 0.2) is 16.3 Å². The van der Waals surface area contributed by atoms with Crippen molar-refractivity contribution in [2.24, 2.45) is 4.99 Å². The smallest absolute Gasteiger partial charge is 0.314 e. The van der Waals surface area contributed by atoms with Crippen LogP contribution in [0.4, 0.5) is 10.5 Å². The number of amides is 2. The second-order valence-corrected chi connectivity index (χ2v) is 8.00. The van der Waals surface area contributed by atoms with Crippen LogP contribution >= 0.6 is 11.3 Å². The zero-order valence-corrected chi connectivity index (χ0v) is 18.5. The molecule has 1 aromatic heterocycles. The predicted molar refractivity (Wildman–Crippen MR) is 122 cm³/mol. The second kappa shape index (κ2) is 9.70. The van der Waals surface area contributed by atoms with Crippen LogP contribution in [-0.2, 0) is 6.54 Å². The summed E-state index contributed by atoms with van der Waals surface area (Å²) in [6.07, 6.45) is 0.784. The Bertz CT molecular complexity index is 1140. The summed E-state index contributed by atoms with van der Waals surface area (Å²) < 4.78 is 13.2. The van der Waals surface area contributed by atoms with Crippen LogP contribution in [0.3, 0.4) is 0 Å². The molecule has 0 aliphatic carbocycles. The number of aromatic nitrogens is 1. The molecule has 0 bridgehead atoms. The third kappa shape index (κ3) is 4.91. The molecular weight excluding hydrogens is 412 g/mol. The molecule has 2 aromatic carbocycles. The molecule has 162 valence electrons. The van der Waals surface area contributed by atoms with Crippen LogP contribution in [0.1, 0.15) is 18.9 Å². The summed E-state index contributed by atoms with van der Waals surface area (Å²) in [5.74, 6) is 1.52. The summed E-state index contributed by atoms with van der Waals surface area (Å²) in [4.78, 5) is 17.5. The van der Waals surface area contributed by atoms with E-state index in [2.05, 4.69) is 33.6 Å². The zero-order chi connectivity index (χ0) is 21.6. The van der Waals surface area contributed by atoms with Gasteiger partial charge >= 0.3 is 6.03 Å². The maximum Gasteiger partial charge on any atom is 0.314 e. The van der Waals surface area contributed by atoms with Crippen molar-refractivity contribution in [1.82, 2.24) is 15.2 Å². The van der Waals surface area contributed by atoms with Gasteiger partial charge in [0.2, 0.25) is 6.79 Å². The summed E-state index contributed by atoms with van der Waals surface area (Å²) in [5.41, 5.74) is 4.19. The molecule has 2 heterocycles. The lowest BCUT2D eigenvalue weighted by atomic mass is 10.1. The Kier molecular flexibility index (Phi) is 6.57. The Hall–Kier alpha value is -3.26. The summed E-state index contributed by atoms with van der Waals surface area (Å²) in [6.45, 7) is 6.13. The van der Waals surface area contributed by atoms with Crippen LogP contribution in [0.15, 0.2) is 52.8 Å². The topological polar surface area (TPSA) is 76.9 Å². The van der Waals surface area contributed by atoms with Crippen LogP contribution in [-0.4, -0.2) is 30.5 Å². The average molecular weight is 439 g/mol. The maximum absolute atomic E-state index is 11.7. The predicted octanol–water partition coefficient (Wildman–Crippen LogP) is 4.20. The first-order valence-electron chi connectivity index (χ1n) is 10.4. The largest absolute Gasteiger partial charge is 0.454 e. The highest BCUT2D eigenvalue weighted by atomic mass is 32.1. The van der Waals surface area contributed by atoms with Crippen LogP contribution in [0.25, 0.3) is 11.3 Å². The molecule has 0 spiro atoms. The van der Waals surface area contributed by atoms with E-state index in [4.69, 9.17) is 14.5 Å². The zero-order valence-electron chi connectivity index (χ0n) is 17.7. The van der Waals surface area contributed by atoms with Crippen molar-refractivity contribution in [2.75, 3.05) is 19.9 Å². The van der Waals surface area contributed by atoms with E-state index in [1.807, 2.05) is 43.3 Å². The highest BCUT2D eigenvalue weighted by Crippen LogP contribution is 2.36. The quantitative estimate of drug-likeness (QED) is 0.543. The Morgan fingerprint density at radius 1 is 1.16 bits per heavy atom. The van der Waals surface area contributed by atoms with Gasteiger partial charge in [0.25, 0.3) is 0 Å². The van der Waals surface area contributed by atoms with Gasteiger partial charge < -0.3 is 24.7 Å². The number of nitrogens with zero attached hydrogens (tertiary/aromatic N) is 2. The van der Waals surface area contributed by atoms with E-state index in [0.717, 1.165) is 51.8 Å². The number of urea groups is 1. The Labute approximate surface area is 185 Å². The molecule has 0 atom stereocenters. The molecule has 0 radical (unpaired) electrons. The van der Waals surface area contributed by atoms with Gasteiger partial charge in [-0.25, -0.2) is 9.79 Å². The van der Waals surface area contributed by atoms with E-state index in [1.54, 1.807) is 11.3 Å². The van der Waals surface area contributed by atoms with Crippen molar-refractivity contribution in [3.05, 3.63) is 58.2 Å². The number of ether oxygens (including phenoxy) is 2. The third-order valence-corrected chi connectivity index (χ3v) is 5.84. The summed E-state index contributed by atoms with van der Waals surface area (Å²) >= 11 is 1.60.